The van der Waals surface area contributed by atoms with E-state index in [4.69, 9.17) is 4.74 Å². The first-order valence-electron chi connectivity index (χ1n) is 6.99. The third-order valence-corrected chi connectivity index (χ3v) is 4.33. The Hall–Kier alpha value is -1.19. The molecule has 0 radical (unpaired) electrons. The van der Waals surface area contributed by atoms with Crippen LogP contribution in [0.3, 0.4) is 0 Å². The Labute approximate surface area is 114 Å². The van der Waals surface area contributed by atoms with E-state index in [0.29, 0.717) is 18.8 Å². The van der Waals surface area contributed by atoms with E-state index in [1.807, 2.05) is 0 Å². The fraction of sp³-hybridized carbons (Fsp3) is 0.800. The SMILES string of the molecule is COC(=O)[C@H](C)[C@@H]1CC[C@@H](C)[C@H](CCC(C)=O)C1=O. The molecule has 1 aliphatic carbocycles. The largest absolute Gasteiger partial charge is 0.469 e. The smallest absolute Gasteiger partial charge is 0.309 e. The predicted molar refractivity (Wildman–Crippen MR) is 71.5 cm³/mol. The molecular formula is C15H24O4. The van der Waals surface area contributed by atoms with E-state index in [1.165, 1.54) is 7.11 Å². The van der Waals surface area contributed by atoms with Crippen LogP contribution in [0.5, 0.6) is 0 Å². The zero-order valence-corrected chi connectivity index (χ0v) is 12.3. The molecule has 1 fully saturated rings. The molecule has 0 spiro atoms. The topological polar surface area (TPSA) is 60.4 Å². The van der Waals surface area contributed by atoms with Crippen LogP contribution in [0, 0.1) is 23.7 Å². The summed E-state index contributed by atoms with van der Waals surface area (Å²) < 4.78 is 4.73. The lowest BCUT2D eigenvalue weighted by atomic mass is 9.68. The highest BCUT2D eigenvalue weighted by molar-refractivity contribution is 5.89. The van der Waals surface area contributed by atoms with Gasteiger partial charge in [0, 0.05) is 18.3 Å². The summed E-state index contributed by atoms with van der Waals surface area (Å²) in [6, 6.07) is 0. The van der Waals surface area contributed by atoms with Gasteiger partial charge in [-0.2, -0.15) is 0 Å². The van der Waals surface area contributed by atoms with Crippen molar-refractivity contribution in [1.82, 2.24) is 0 Å². The van der Waals surface area contributed by atoms with Crippen LogP contribution in [0.25, 0.3) is 0 Å². The molecule has 0 unspecified atom stereocenters. The van der Waals surface area contributed by atoms with Gasteiger partial charge in [-0.05, 0) is 32.1 Å². The van der Waals surface area contributed by atoms with Gasteiger partial charge < -0.3 is 9.53 Å². The van der Waals surface area contributed by atoms with Gasteiger partial charge >= 0.3 is 5.97 Å². The standard InChI is InChI=1S/C15H24O4/c1-9-5-7-13(11(3)15(18)19-4)14(17)12(9)8-6-10(2)16/h9,11-13H,5-8H2,1-4H3/t9-,11-,12+,13+/m1/s1. The number of ether oxygens (including phenoxy) is 1. The molecule has 4 atom stereocenters. The second-order valence-electron chi connectivity index (χ2n) is 5.72. The number of ketones is 2. The van der Waals surface area contributed by atoms with Crippen molar-refractivity contribution in [2.75, 3.05) is 7.11 Å². The van der Waals surface area contributed by atoms with E-state index in [0.717, 1.165) is 12.8 Å². The van der Waals surface area contributed by atoms with Crippen molar-refractivity contribution in [3.8, 4) is 0 Å². The Morgan fingerprint density at radius 3 is 2.53 bits per heavy atom. The summed E-state index contributed by atoms with van der Waals surface area (Å²) in [6.07, 6.45) is 2.73. The van der Waals surface area contributed by atoms with Crippen LogP contribution in [-0.4, -0.2) is 24.6 Å². The molecule has 1 aliphatic rings. The van der Waals surface area contributed by atoms with Gasteiger partial charge in [0.1, 0.15) is 11.6 Å². The Morgan fingerprint density at radius 2 is 2.00 bits per heavy atom. The zero-order chi connectivity index (χ0) is 14.6. The number of Topliss-reactive ketones (excluding diaryl/α,β-unsaturated/α-hetero) is 2. The first kappa shape index (κ1) is 15.9. The van der Waals surface area contributed by atoms with E-state index < -0.39 is 0 Å². The molecule has 0 N–H and O–H groups in total. The van der Waals surface area contributed by atoms with Gasteiger partial charge in [0.05, 0.1) is 13.0 Å². The van der Waals surface area contributed by atoms with Gasteiger partial charge in [0.2, 0.25) is 0 Å². The highest BCUT2D eigenvalue weighted by atomic mass is 16.5. The average Bonchev–Trinajstić information content (AvgIpc) is 2.36. The second kappa shape index (κ2) is 6.83. The Kier molecular flexibility index (Phi) is 5.70. The summed E-state index contributed by atoms with van der Waals surface area (Å²) >= 11 is 0. The van der Waals surface area contributed by atoms with Crippen LogP contribution >= 0.6 is 0 Å². The maximum atomic E-state index is 12.5. The molecule has 0 heterocycles. The summed E-state index contributed by atoms with van der Waals surface area (Å²) in [5.41, 5.74) is 0. The van der Waals surface area contributed by atoms with E-state index in [2.05, 4.69) is 6.92 Å². The molecule has 4 heteroatoms. The highest BCUT2D eigenvalue weighted by Crippen LogP contribution is 2.37. The van der Waals surface area contributed by atoms with Crippen molar-refractivity contribution >= 4 is 17.5 Å². The highest BCUT2D eigenvalue weighted by Gasteiger charge is 2.40. The molecule has 19 heavy (non-hydrogen) atoms. The lowest BCUT2D eigenvalue weighted by molar-refractivity contribution is -0.151. The molecule has 1 rings (SSSR count). The van der Waals surface area contributed by atoms with Crippen molar-refractivity contribution in [3.05, 3.63) is 0 Å². The Bertz CT molecular complexity index is 361. The maximum Gasteiger partial charge on any atom is 0.309 e. The van der Waals surface area contributed by atoms with Crippen LogP contribution < -0.4 is 0 Å². The molecule has 0 bridgehead atoms. The molecule has 0 saturated heterocycles. The monoisotopic (exact) mass is 268 g/mol. The van der Waals surface area contributed by atoms with Crippen LogP contribution in [0.4, 0.5) is 0 Å². The van der Waals surface area contributed by atoms with Crippen molar-refractivity contribution in [2.45, 2.75) is 46.5 Å². The van der Waals surface area contributed by atoms with Crippen molar-refractivity contribution in [2.24, 2.45) is 23.7 Å². The minimum absolute atomic E-state index is 0.0882. The molecule has 1 saturated carbocycles. The third-order valence-electron chi connectivity index (χ3n) is 4.33. The quantitative estimate of drug-likeness (QED) is 0.718. The first-order chi connectivity index (χ1) is 8.88. The number of carbonyl (C=O) groups is 3. The minimum atomic E-state index is -0.384. The lowest BCUT2D eigenvalue weighted by Gasteiger charge is -2.34. The summed E-state index contributed by atoms with van der Waals surface area (Å²) in [4.78, 5) is 35.2. The summed E-state index contributed by atoms with van der Waals surface area (Å²) in [7, 11) is 1.35. The van der Waals surface area contributed by atoms with E-state index in [1.54, 1.807) is 13.8 Å². The molecule has 0 amide bonds. The maximum absolute atomic E-state index is 12.5. The number of hydrogen-bond donors (Lipinski definition) is 0. The number of esters is 1. The Balaban J connectivity index is 2.74. The number of carbonyl (C=O) groups excluding carboxylic acids is 3. The molecular weight excluding hydrogens is 244 g/mol. The van der Waals surface area contributed by atoms with Gasteiger partial charge in [-0.3, -0.25) is 9.59 Å². The van der Waals surface area contributed by atoms with Crippen molar-refractivity contribution in [3.63, 3.8) is 0 Å². The van der Waals surface area contributed by atoms with E-state index in [-0.39, 0.29) is 35.3 Å². The van der Waals surface area contributed by atoms with Crippen LogP contribution in [0.1, 0.15) is 46.5 Å². The van der Waals surface area contributed by atoms with Crippen LogP contribution in [0.15, 0.2) is 0 Å². The molecule has 0 aromatic rings. The molecule has 0 aromatic carbocycles. The fourth-order valence-corrected chi connectivity index (χ4v) is 2.97. The van der Waals surface area contributed by atoms with E-state index in [9.17, 15) is 14.4 Å². The van der Waals surface area contributed by atoms with E-state index >= 15 is 0 Å². The van der Waals surface area contributed by atoms with Gasteiger partial charge in [0.25, 0.3) is 0 Å². The third kappa shape index (κ3) is 3.88. The van der Waals surface area contributed by atoms with Gasteiger partial charge in [-0.25, -0.2) is 0 Å². The van der Waals surface area contributed by atoms with Crippen LogP contribution in [-0.2, 0) is 19.1 Å². The van der Waals surface area contributed by atoms with Crippen LogP contribution in [0.2, 0.25) is 0 Å². The van der Waals surface area contributed by atoms with Gasteiger partial charge in [0.15, 0.2) is 0 Å². The summed E-state index contributed by atoms with van der Waals surface area (Å²) in [5.74, 6) is -0.493. The normalized spacial score (nSPS) is 28.8. The van der Waals surface area contributed by atoms with Crippen molar-refractivity contribution < 1.29 is 19.1 Å². The number of hydrogen-bond acceptors (Lipinski definition) is 4. The second-order valence-corrected chi connectivity index (χ2v) is 5.72. The fourth-order valence-electron chi connectivity index (χ4n) is 2.97. The first-order valence-corrected chi connectivity index (χ1v) is 6.99. The molecule has 108 valence electrons. The summed E-state index contributed by atoms with van der Waals surface area (Å²) in [6.45, 7) is 5.36. The molecule has 0 aliphatic heterocycles. The molecule has 0 aromatic heterocycles. The van der Waals surface area contributed by atoms with Gasteiger partial charge in [-0.15, -0.1) is 0 Å². The lowest BCUT2D eigenvalue weighted by Crippen LogP contribution is -2.39. The summed E-state index contributed by atoms with van der Waals surface area (Å²) in [5, 5.41) is 0. The van der Waals surface area contributed by atoms with Gasteiger partial charge in [-0.1, -0.05) is 13.8 Å². The average molecular weight is 268 g/mol. The zero-order valence-electron chi connectivity index (χ0n) is 12.3. The Morgan fingerprint density at radius 1 is 1.37 bits per heavy atom. The number of methoxy groups -OCH3 is 1. The molecule has 4 nitrogen and oxygen atoms in total. The van der Waals surface area contributed by atoms with Crippen molar-refractivity contribution in [1.29, 1.82) is 0 Å². The predicted octanol–water partition coefficient (Wildman–Crippen LogP) is 2.40. The minimum Gasteiger partial charge on any atom is -0.469 e. The number of rotatable bonds is 5.